The van der Waals surface area contributed by atoms with Crippen LogP contribution in [0.3, 0.4) is 0 Å². The Balaban J connectivity index is 1.70. The van der Waals surface area contributed by atoms with E-state index in [-0.39, 0.29) is 11.3 Å². The highest BCUT2D eigenvalue weighted by Gasteiger charge is 2.62. The lowest BCUT2D eigenvalue weighted by atomic mass is 9.40. The highest BCUT2D eigenvalue weighted by molar-refractivity contribution is 5.83. The van der Waals surface area contributed by atoms with Gasteiger partial charge in [0.15, 0.2) is 0 Å². The average Bonchev–Trinajstić information content (AvgIpc) is 2.29. The predicted molar refractivity (Wildman–Crippen MR) is 92.0 cm³/mol. The Labute approximate surface area is 141 Å². The van der Waals surface area contributed by atoms with E-state index in [4.69, 9.17) is 0 Å². The Morgan fingerprint density at radius 2 is 1.74 bits per heavy atom. The van der Waals surface area contributed by atoms with Gasteiger partial charge in [0, 0.05) is 13.1 Å². The van der Waals surface area contributed by atoms with E-state index in [1.54, 1.807) is 6.92 Å². The van der Waals surface area contributed by atoms with Crippen LogP contribution in [0.15, 0.2) is 0 Å². The van der Waals surface area contributed by atoms with Gasteiger partial charge in [-0.1, -0.05) is 13.8 Å². The second-order valence-corrected chi connectivity index (χ2v) is 10.3. The van der Waals surface area contributed by atoms with E-state index in [1.807, 2.05) is 19.0 Å². The lowest BCUT2D eigenvalue weighted by Gasteiger charge is -2.64. The lowest BCUT2D eigenvalue weighted by molar-refractivity contribution is -0.170. The second kappa shape index (κ2) is 5.19. The number of aliphatic hydroxyl groups is 1. The molecule has 4 fully saturated rings. The van der Waals surface area contributed by atoms with E-state index in [0.29, 0.717) is 29.8 Å². The largest absolute Gasteiger partial charge is 0.387 e. The van der Waals surface area contributed by atoms with Gasteiger partial charge >= 0.3 is 0 Å². The first-order chi connectivity index (χ1) is 10.5. The quantitative estimate of drug-likeness (QED) is 0.817. The topological polar surface area (TPSA) is 52.6 Å². The van der Waals surface area contributed by atoms with Crippen LogP contribution in [0, 0.1) is 22.2 Å². The highest BCUT2D eigenvalue weighted by Crippen LogP contribution is 2.69. The van der Waals surface area contributed by atoms with Gasteiger partial charge in [-0.15, -0.1) is 0 Å². The number of carbonyl (C=O) groups excluding carboxylic acids is 1. The molecule has 132 valence electrons. The second-order valence-electron chi connectivity index (χ2n) is 10.3. The fourth-order valence-corrected chi connectivity index (χ4v) is 6.90. The first kappa shape index (κ1) is 17.2. The number of nitrogens with one attached hydrogen (secondary N) is 1. The maximum atomic E-state index is 13.1. The molecule has 0 heterocycles. The molecule has 0 aliphatic heterocycles. The van der Waals surface area contributed by atoms with Crippen LogP contribution in [0.5, 0.6) is 0 Å². The predicted octanol–water partition coefficient (Wildman–Crippen LogP) is 2.41. The van der Waals surface area contributed by atoms with Crippen LogP contribution in [0.2, 0.25) is 0 Å². The highest BCUT2D eigenvalue weighted by atomic mass is 16.3. The molecule has 0 aromatic heterocycles. The van der Waals surface area contributed by atoms with Gasteiger partial charge in [-0.3, -0.25) is 4.79 Å². The van der Waals surface area contributed by atoms with Gasteiger partial charge in [0.1, 0.15) is 0 Å². The van der Waals surface area contributed by atoms with Gasteiger partial charge in [0.2, 0.25) is 5.91 Å². The third-order valence-electron chi connectivity index (χ3n) is 6.39. The van der Waals surface area contributed by atoms with Crippen molar-refractivity contribution >= 4 is 5.91 Å². The molecule has 4 rings (SSSR count). The van der Waals surface area contributed by atoms with Crippen molar-refractivity contribution in [2.24, 2.45) is 22.2 Å². The van der Waals surface area contributed by atoms with Gasteiger partial charge in [-0.05, 0) is 76.3 Å². The monoisotopic (exact) mass is 322 g/mol. The van der Waals surface area contributed by atoms with Crippen LogP contribution in [-0.4, -0.2) is 48.7 Å². The molecule has 0 aromatic rings. The van der Waals surface area contributed by atoms with Crippen LogP contribution >= 0.6 is 0 Å². The average molecular weight is 322 g/mol. The third-order valence-corrected chi connectivity index (χ3v) is 6.39. The van der Waals surface area contributed by atoms with Crippen molar-refractivity contribution in [3.05, 3.63) is 0 Å². The van der Waals surface area contributed by atoms with E-state index in [9.17, 15) is 9.90 Å². The Hall–Kier alpha value is -0.610. The number of rotatable bonds is 5. The first-order valence-corrected chi connectivity index (χ1v) is 9.11. The SMILES string of the molecule is CN(C)C[C@@](C)(O)CNC(=O)C12CC3C[C@@](C)(C1)C[C@](C)(C3)C2. The molecule has 1 amide bonds. The van der Waals surface area contributed by atoms with E-state index in [2.05, 4.69) is 19.2 Å². The minimum atomic E-state index is -0.880. The Bertz CT molecular complexity index is 482. The minimum absolute atomic E-state index is 0.183. The van der Waals surface area contributed by atoms with Gasteiger partial charge in [0.05, 0.1) is 11.0 Å². The maximum Gasteiger partial charge on any atom is 0.226 e. The van der Waals surface area contributed by atoms with Crippen LogP contribution in [0.4, 0.5) is 0 Å². The molecule has 2 N–H and O–H groups in total. The van der Waals surface area contributed by atoms with Crippen LogP contribution in [0.25, 0.3) is 0 Å². The van der Waals surface area contributed by atoms with Gasteiger partial charge in [-0.2, -0.15) is 0 Å². The van der Waals surface area contributed by atoms with Crippen LogP contribution in [0.1, 0.15) is 59.3 Å². The molecule has 0 aromatic carbocycles. The number of likely N-dealkylation sites (N-methyl/N-ethyl adjacent to an activating group) is 1. The van der Waals surface area contributed by atoms with E-state index in [1.165, 1.54) is 19.3 Å². The summed E-state index contributed by atoms with van der Waals surface area (Å²) in [6.07, 6.45) is 7.01. The molecule has 0 radical (unpaired) electrons. The summed E-state index contributed by atoms with van der Waals surface area (Å²) in [5.74, 6) is 0.910. The zero-order chi connectivity index (χ0) is 17.1. The summed E-state index contributed by atoms with van der Waals surface area (Å²) in [7, 11) is 3.88. The molecule has 4 nitrogen and oxygen atoms in total. The number of nitrogens with zero attached hydrogens (tertiary/aromatic N) is 1. The van der Waals surface area contributed by atoms with E-state index >= 15 is 0 Å². The molecule has 5 atom stereocenters. The molecular formula is C19H34N2O2. The summed E-state index contributed by atoms with van der Waals surface area (Å²) in [4.78, 5) is 15.0. The number of hydrogen-bond donors (Lipinski definition) is 2. The van der Waals surface area contributed by atoms with Crippen molar-refractivity contribution in [1.29, 1.82) is 0 Å². The van der Waals surface area contributed by atoms with Crippen molar-refractivity contribution < 1.29 is 9.90 Å². The molecule has 4 saturated carbocycles. The maximum absolute atomic E-state index is 13.1. The lowest BCUT2D eigenvalue weighted by Crippen LogP contribution is -2.61. The third kappa shape index (κ3) is 3.30. The smallest absolute Gasteiger partial charge is 0.226 e. The molecule has 0 saturated heterocycles. The Kier molecular flexibility index (Phi) is 3.89. The molecule has 2 unspecified atom stereocenters. The summed E-state index contributed by atoms with van der Waals surface area (Å²) < 4.78 is 0. The normalized spacial score (nSPS) is 44.4. The molecule has 23 heavy (non-hydrogen) atoms. The van der Waals surface area contributed by atoms with Gasteiger partial charge in [0.25, 0.3) is 0 Å². The van der Waals surface area contributed by atoms with Gasteiger partial charge < -0.3 is 15.3 Å². The molecule has 4 bridgehead atoms. The summed E-state index contributed by atoms with van der Waals surface area (Å²) in [6.45, 7) is 7.47. The van der Waals surface area contributed by atoms with Crippen LogP contribution in [-0.2, 0) is 4.79 Å². The van der Waals surface area contributed by atoms with Crippen molar-refractivity contribution in [1.82, 2.24) is 10.2 Å². The molecule has 4 aliphatic rings. The zero-order valence-electron chi connectivity index (χ0n) is 15.5. The summed E-state index contributed by atoms with van der Waals surface area (Å²) in [6, 6.07) is 0. The van der Waals surface area contributed by atoms with Gasteiger partial charge in [-0.25, -0.2) is 0 Å². The number of carbonyl (C=O) groups is 1. The minimum Gasteiger partial charge on any atom is -0.387 e. The van der Waals surface area contributed by atoms with Crippen molar-refractivity contribution in [3.63, 3.8) is 0 Å². The standard InChI is InChI=1S/C19H34N2O2/c1-16-6-14-7-17(2,9-16)11-19(8-14,10-16)15(22)20-12-18(3,23)13-21(4)5/h14,23H,6-13H2,1-5H3,(H,20,22)/t14?,16-,17+,18-,19?/m0/s1. The summed E-state index contributed by atoms with van der Waals surface area (Å²) in [5, 5.41) is 13.6. The molecule has 4 aliphatic carbocycles. The fourth-order valence-electron chi connectivity index (χ4n) is 6.90. The van der Waals surface area contributed by atoms with E-state index in [0.717, 1.165) is 19.3 Å². The number of hydrogen-bond acceptors (Lipinski definition) is 3. The van der Waals surface area contributed by atoms with Crippen molar-refractivity contribution in [2.45, 2.75) is 64.9 Å². The Morgan fingerprint density at radius 3 is 2.22 bits per heavy atom. The summed E-state index contributed by atoms with van der Waals surface area (Å²) >= 11 is 0. The first-order valence-electron chi connectivity index (χ1n) is 9.11. The van der Waals surface area contributed by atoms with Crippen LogP contribution < -0.4 is 5.32 Å². The molecule has 0 spiro atoms. The van der Waals surface area contributed by atoms with Crippen molar-refractivity contribution in [2.75, 3.05) is 27.2 Å². The molecular weight excluding hydrogens is 288 g/mol. The van der Waals surface area contributed by atoms with Crippen molar-refractivity contribution in [3.8, 4) is 0 Å². The summed E-state index contributed by atoms with van der Waals surface area (Å²) in [5.41, 5.74) is -0.373. The molecule has 4 heteroatoms. The van der Waals surface area contributed by atoms with E-state index < -0.39 is 5.60 Å². The zero-order valence-corrected chi connectivity index (χ0v) is 15.5. The number of amides is 1. The Morgan fingerprint density at radius 1 is 1.17 bits per heavy atom. The fraction of sp³-hybridized carbons (Fsp3) is 0.947.